The fraction of sp³-hybridized carbons (Fsp3) is 0.158. The van der Waals surface area contributed by atoms with Crippen LogP contribution in [-0.2, 0) is 9.53 Å². The molecule has 0 atom stereocenters. The topological polar surface area (TPSA) is 47.9 Å². The van der Waals surface area contributed by atoms with E-state index in [0.29, 0.717) is 6.61 Å². The van der Waals surface area contributed by atoms with Crippen LogP contribution in [0.5, 0.6) is 5.75 Å². The number of benzene rings is 2. The molecule has 0 amide bonds. The van der Waals surface area contributed by atoms with E-state index >= 15 is 0 Å². The van der Waals surface area contributed by atoms with Gasteiger partial charge in [0.05, 0.1) is 19.3 Å². The van der Waals surface area contributed by atoms with Gasteiger partial charge in [-0.2, -0.15) is 0 Å². The number of nitrogens with zero attached hydrogens (tertiary/aromatic N) is 1. The Balaban J connectivity index is 1.92. The van der Waals surface area contributed by atoms with E-state index in [9.17, 15) is 9.18 Å². The number of rotatable bonds is 5. The Morgan fingerprint density at radius 1 is 1.23 bits per heavy atom. The lowest BCUT2D eigenvalue weighted by molar-refractivity contribution is -0.129. The highest BCUT2D eigenvalue weighted by Gasteiger charge is 2.26. The van der Waals surface area contributed by atoms with Crippen molar-refractivity contribution in [2.75, 3.05) is 6.61 Å². The standard InChI is InChI=1S/C19H14FI2NO3/c1-2-7-25-17-14(21)8-11(9-15(17)22)10-16-19(24)26-18(23-16)12-5-3-4-6-13(12)20/h3-6,8-10H,2,7H2,1H3/b16-10-. The summed E-state index contributed by atoms with van der Waals surface area (Å²) in [6, 6.07) is 9.87. The van der Waals surface area contributed by atoms with Crippen LogP contribution in [0.1, 0.15) is 24.5 Å². The molecule has 3 rings (SSSR count). The minimum atomic E-state index is -0.598. The Labute approximate surface area is 177 Å². The zero-order valence-corrected chi connectivity index (χ0v) is 18.1. The molecule has 0 saturated heterocycles. The smallest absolute Gasteiger partial charge is 0.363 e. The third-order valence-corrected chi connectivity index (χ3v) is 5.10. The quantitative estimate of drug-likeness (QED) is 0.280. The first-order valence-electron chi connectivity index (χ1n) is 7.89. The molecule has 1 aliphatic rings. The largest absolute Gasteiger partial charge is 0.491 e. The van der Waals surface area contributed by atoms with Crippen molar-refractivity contribution in [1.29, 1.82) is 0 Å². The van der Waals surface area contributed by atoms with Crippen molar-refractivity contribution in [1.82, 2.24) is 0 Å². The molecule has 0 aliphatic carbocycles. The number of carbonyl (C=O) groups excluding carboxylic acids is 1. The molecule has 0 aromatic heterocycles. The molecule has 0 radical (unpaired) electrons. The van der Waals surface area contributed by atoms with Crippen molar-refractivity contribution in [3.63, 3.8) is 0 Å². The fourth-order valence-corrected chi connectivity index (χ4v) is 4.45. The van der Waals surface area contributed by atoms with Gasteiger partial charge in [0.1, 0.15) is 11.6 Å². The van der Waals surface area contributed by atoms with E-state index in [4.69, 9.17) is 9.47 Å². The Bertz CT molecular complexity index is 902. The van der Waals surface area contributed by atoms with Gasteiger partial charge in [0.25, 0.3) is 0 Å². The monoisotopic (exact) mass is 577 g/mol. The third-order valence-electron chi connectivity index (χ3n) is 3.50. The van der Waals surface area contributed by atoms with E-state index < -0.39 is 11.8 Å². The number of aliphatic imine (C=N–C) groups is 1. The van der Waals surface area contributed by atoms with Gasteiger partial charge in [-0.15, -0.1) is 0 Å². The summed E-state index contributed by atoms with van der Waals surface area (Å²) in [5, 5.41) is 0. The molecule has 1 aliphatic heterocycles. The van der Waals surface area contributed by atoms with Crippen molar-refractivity contribution >= 4 is 63.1 Å². The van der Waals surface area contributed by atoms with Crippen LogP contribution in [0.3, 0.4) is 0 Å². The van der Waals surface area contributed by atoms with E-state index in [1.165, 1.54) is 12.1 Å². The number of carbonyl (C=O) groups is 1. The molecule has 0 spiro atoms. The first-order chi connectivity index (χ1) is 12.5. The van der Waals surface area contributed by atoms with Crippen molar-refractivity contribution in [3.05, 3.63) is 66.2 Å². The van der Waals surface area contributed by atoms with Crippen LogP contribution in [0.4, 0.5) is 4.39 Å². The Kier molecular flexibility index (Phi) is 6.28. The summed E-state index contributed by atoms with van der Waals surface area (Å²) in [4.78, 5) is 16.3. The van der Waals surface area contributed by atoms with Crippen LogP contribution in [-0.4, -0.2) is 18.5 Å². The average Bonchev–Trinajstić information content (AvgIpc) is 2.95. The van der Waals surface area contributed by atoms with E-state index in [2.05, 4.69) is 57.1 Å². The SMILES string of the molecule is CCCOc1c(I)cc(/C=C2\N=C(c3ccccc3F)OC2=O)cc1I. The number of ether oxygens (including phenoxy) is 2. The highest BCUT2D eigenvalue weighted by atomic mass is 127. The first-order valence-corrected chi connectivity index (χ1v) is 10.0. The van der Waals surface area contributed by atoms with E-state index in [1.54, 1.807) is 18.2 Å². The summed E-state index contributed by atoms with van der Waals surface area (Å²) in [5.41, 5.74) is 1.10. The van der Waals surface area contributed by atoms with Gasteiger partial charge < -0.3 is 9.47 Å². The van der Waals surface area contributed by atoms with Crippen LogP contribution in [0, 0.1) is 13.0 Å². The first kappa shape index (κ1) is 19.3. The zero-order valence-electron chi connectivity index (χ0n) is 13.8. The molecular weight excluding hydrogens is 563 g/mol. The highest BCUT2D eigenvalue weighted by Crippen LogP contribution is 2.30. The summed E-state index contributed by atoms with van der Waals surface area (Å²) in [6.45, 7) is 2.70. The van der Waals surface area contributed by atoms with E-state index in [-0.39, 0.29) is 17.2 Å². The van der Waals surface area contributed by atoms with Crippen molar-refractivity contribution < 1.29 is 18.7 Å². The molecular formula is C19H14FI2NO3. The summed E-state index contributed by atoms with van der Waals surface area (Å²) >= 11 is 4.40. The molecule has 134 valence electrons. The summed E-state index contributed by atoms with van der Waals surface area (Å²) < 4.78 is 26.6. The second-order valence-corrected chi connectivity index (χ2v) is 7.80. The van der Waals surface area contributed by atoms with Gasteiger partial charge in [-0.05, 0) is 87.5 Å². The van der Waals surface area contributed by atoms with Crippen molar-refractivity contribution in [3.8, 4) is 5.75 Å². The molecule has 7 heteroatoms. The lowest BCUT2D eigenvalue weighted by atomic mass is 10.2. The molecule has 0 N–H and O–H groups in total. The lowest BCUT2D eigenvalue weighted by Gasteiger charge is -2.10. The lowest BCUT2D eigenvalue weighted by Crippen LogP contribution is -2.07. The van der Waals surface area contributed by atoms with Crippen molar-refractivity contribution in [2.24, 2.45) is 4.99 Å². The maximum atomic E-state index is 13.9. The van der Waals surface area contributed by atoms with E-state index in [0.717, 1.165) is 24.9 Å². The Hall–Kier alpha value is -1.49. The van der Waals surface area contributed by atoms with Crippen LogP contribution in [0.15, 0.2) is 47.1 Å². The molecule has 0 fully saturated rings. The van der Waals surface area contributed by atoms with Crippen molar-refractivity contribution in [2.45, 2.75) is 13.3 Å². The molecule has 2 aromatic carbocycles. The predicted molar refractivity (Wildman–Crippen MR) is 115 cm³/mol. The zero-order chi connectivity index (χ0) is 18.7. The van der Waals surface area contributed by atoms with Crippen LogP contribution >= 0.6 is 45.2 Å². The minimum Gasteiger partial charge on any atom is -0.491 e. The number of cyclic esters (lactones) is 1. The predicted octanol–water partition coefficient (Wildman–Crippen LogP) is 5.17. The number of hydrogen-bond acceptors (Lipinski definition) is 4. The Morgan fingerprint density at radius 3 is 2.58 bits per heavy atom. The van der Waals surface area contributed by atoms with Gasteiger partial charge in [0.2, 0.25) is 5.90 Å². The van der Waals surface area contributed by atoms with Crippen LogP contribution in [0.2, 0.25) is 0 Å². The van der Waals surface area contributed by atoms with Crippen LogP contribution in [0.25, 0.3) is 6.08 Å². The summed E-state index contributed by atoms with van der Waals surface area (Å²) in [5.74, 6) is -0.271. The molecule has 2 aromatic rings. The van der Waals surface area contributed by atoms with Gasteiger partial charge in [0, 0.05) is 0 Å². The average molecular weight is 577 g/mol. The summed E-state index contributed by atoms with van der Waals surface area (Å²) in [7, 11) is 0. The molecule has 0 unspecified atom stereocenters. The maximum absolute atomic E-state index is 13.9. The van der Waals surface area contributed by atoms with E-state index in [1.807, 2.05) is 12.1 Å². The molecule has 4 nitrogen and oxygen atoms in total. The van der Waals surface area contributed by atoms with Gasteiger partial charge in [0.15, 0.2) is 5.70 Å². The normalized spacial score (nSPS) is 15.2. The second-order valence-electron chi connectivity index (χ2n) is 5.48. The number of hydrogen-bond donors (Lipinski definition) is 0. The van der Waals surface area contributed by atoms with Gasteiger partial charge in [-0.3, -0.25) is 0 Å². The van der Waals surface area contributed by atoms with Crippen LogP contribution < -0.4 is 4.74 Å². The molecule has 0 bridgehead atoms. The van der Waals surface area contributed by atoms with Gasteiger partial charge in [-0.25, -0.2) is 14.2 Å². The highest BCUT2D eigenvalue weighted by molar-refractivity contribution is 14.1. The second kappa shape index (κ2) is 8.47. The van der Waals surface area contributed by atoms with Gasteiger partial charge in [-0.1, -0.05) is 19.1 Å². The fourth-order valence-electron chi connectivity index (χ4n) is 2.32. The molecule has 1 heterocycles. The summed E-state index contributed by atoms with van der Waals surface area (Å²) in [6.07, 6.45) is 2.56. The number of esters is 1. The third kappa shape index (κ3) is 4.25. The molecule has 0 saturated carbocycles. The minimum absolute atomic E-state index is 0.0216. The maximum Gasteiger partial charge on any atom is 0.363 e. The number of halogens is 3. The molecule has 26 heavy (non-hydrogen) atoms. The Morgan fingerprint density at radius 2 is 1.92 bits per heavy atom. The van der Waals surface area contributed by atoms with Gasteiger partial charge >= 0.3 is 5.97 Å².